The maximum atomic E-state index is 15.2. The van der Waals surface area contributed by atoms with Gasteiger partial charge in [-0.3, -0.25) is 0 Å². The second kappa shape index (κ2) is 28.4. The van der Waals surface area contributed by atoms with Crippen LogP contribution in [-0.4, -0.2) is 250 Å². The number of aliphatic hydroxyl groups excluding tert-OH is 2. The van der Waals surface area contributed by atoms with Crippen molar-refractivity contribution in [2.45, 2.75) is 61.4 Å². The van der Waals surface area contributed by atoms with E-state index in [1.807, 2.05) is 0 Å². The van der Waals surface area contributed by atoms with E-state index < -0.39 is 333 Å². The van der Waals surface area contributed by atoms with E-state index in [-0.39, 0.29) is 18.2 Å². The molecule has 8 aromatic rings. The Morgan fingerprint density at radius 2 is 0.634 bits per heavy atom. The number of phenolic OH excluding ortho intramolecular Hbond substituents is 23. The van der Waals surface area contributed by atoms with Crippen LogP contribution in [0.1, 0.15) is 82.9 Å². The number of aromatic hydroxyl groups is 23. The topological polar surface area (TPSA) is 744 Å². The van der Waals surface area contributed by atoms with Crippen molar-refractivity contribution in [1.82, 2.24) is 0 Å². The van der Waals surface area contributed by atoms with E-state index >= 15 is 4.79 Å². The first kappa shape index (κ1) is 76.2. The minimum Gasteiger partial charge on any atom is -0.504 e. The number of rotatable bonds is 10. The molecule has 112 heavy (non-hydrogen) atoms. The Morgan fingerprint density at radius 1 is 0.312 bits per heavy atom. The van der Waals surface area contributed by atoms with Crippen LogP contribution in [-0.2, 0) is 47.4 Å². The minimum atomic E-state index is -3.04. The fraction of sp³-hybridized carbons (Fsp3) is 0.176. The molecule has 0 aliphatic carbocycles. The van der Waals surface area contributed by atoms with Gasteiger partial charge in [-0.15, -0.1) is 0 Å². The molecule has 8 aromatic carbocycles. The second-order valence-corrected chi connectivity index (χ2v) is 24.3. The van der Waals surface area contributed by atoms with E-state index in [0.717, 1.165) is 0 Å². The highest BCUT2D eigenvalue weighted by atomic mass is 16.8. The normalized spacial score (nSPS) is 20.7. The largest absolute Gasteiger partial charge is 0.504 e. The summed E-state index contributed by atoms with van der Waals surface area (Å²) in [6.07, 6.45) is -26.0. The summed E-state index contributed by atoms with van der Waals surface area (Å²) in [4.78, 5) is 116. The fourth-order valence-electron chi connectivity index (χ4n) is 11.8. The number of cyclic esters (lactones) is 2. The van der Waals surface area contributed by atoms with E-state index in [1.165, 1.54) is 0 Å². The molecule has 4 aliphatic rings. The molecule has 0 saturated carbocycles. The molecule has 0 bridgehead atoms. The van der Waals surface area contributed by atoms with E-state index in [0.29, 0.717) is 48.5 Å². The first-order chi connectivity index (χ1) is 52.7. The average molecular weight is 1570 g/mol. The summed E-state index contributed by atoms with van der Waals surface area (Å²) >= 11 is 0. The van der Waals surface area contributed by atoms with Crippen molar-refractivity contribution in [2.75, 3.05) is 13.2 Å². The molecule has 12 rings (SSSR count). The lowest BCUT2D eigenvalue weighted by atomic mass is 9.91. The molecule has 44 nitrogen and oxygen atoms in total. The molecule has 0 aromatic heterocycles. The zero-order valence-corrected chi connectivity index (χ0v) is 55.0. The number of benzene rings is 8. The van der Waals surface area contributed by atoms with Crippen molar-refractivity contribution in [3.63, 3.8) is 0 Å². The van der Waals surface area contributed by atoms with E-state index in [1.54, 1.807) is 0 Å². The van der Waals surface area contributed by atoms with Crippen LogP contribution in [0.4, 0.5) is 0 Å². The highest BCUT2D eigenvalue weighted by Gasteiger charge is 2.56. The van der Waals surface area contributed by atoms with Gasteiger partial charge in [-0.05, 0) is 54.6 Å². The van der Waals surface area contributed by atoms with Gasteiger partial charge in [0.25, 0.3) is 0 Å². The van der Waals surface area contributed by atoms with Crippen molar-refractivity contribution in [2.24, 2.45) is 0 Å². The maximum Gasteiger partial charge on any atom is 0.344 e. The van der Waals surface area contributed by atoms with Crippen LogP contribution in [0.15, 0.2) is 66.7 Å². The van der Waals surface area contributed by atoms with E-state index in [2.05, 4.69) is 0 Å². The van der Waals surface area contributed by atoms with Gasteiger partial charge in [-0.2, -0.15) is 0 Å². The van der Waals surface area contributed by atoms with E-state index in [9.17, 15) is 161 Å². The van der Waals surface area contributed by atoms with Crippen molar-refractivity contribution >= 4 is 47.8 Å². The van der Waals surface area contributed by atoms with Crippen LogP contribution in [0.3, 0.4) is 0 Å². The third-order valence-corrected chi connectivity index (χ3v) is 17.3. The third-order valence-electron chi connectivity index (χ3n) is 17.3. The minimum absolute atomic E-state index is 0.138. The molecule has 0 amide bonds. The molecule has 44 heteroatoms. The first-order valence-electron chi connectivity index (χ1n) is 31.1. The molecule has 2 saturated heterocycles. The van der Waals surface area contributed by atoms with Gasteiger partial charge in [0.1, 0.15) is 43.2 Å². The molecule has 4 heterocycles. The second-order valence-electron chi connectivity index (χ2n) is 24.3. The lowest BCUT2D eigenvalue weighted by molar-refractivity contribution is -0.284. The Balaban J connectivity index is 0.980. The Bertz CT molecular complexity index is 5320. The lowest BCUT2D eigenvalue weighted by Gasteiger charge is -2.43. The van der Waals surface area contributed by atoms with E-state index in [4.69, 9.17) is 52.1 Å². The highest BCUT2D eigenvalue weighted by molar-refractivity contribution is 6.10. The molecular formula is C68H50O44. The summed E-state index contributed by atoms with van der Waals surface area (Å²) in [6, 6.07) is 4.07. The number of fused-ring (bicyclic) bond motifs is 8. The molecular weight excluding hydrogens is 1520 g/mol. The molecule has 0 radical (unpaired) electrons. The molecule has 4 aliphatic heterocycles. The Kier molecular flexibility index (Phi) is 19.3. The summed E-state index contributed by atoms with van der Waals surface area (Å²) < 4.78 is 61.4. The number of phenols is 23. The summed E-state index contributed by atoms with van der Waals surface area (Å²) in [6.45, 7) is -2.90. The standard InChI is InChI=1S/C68H50O44/c69-22-1-14(2-23(70)39(22)79)59(94)109-57-56-34(13-103-62(97)17-7-28(75)42(82)47(87)35(17)36-19(65(100)108-56)9-30(77)43(83)48(36)88)106-68(58(57)110-60(95)15-3-24(71)40(80)25(72)4-15)112-66(101)21-10-31(78)45(85)51(91)54(21)104-32-11-20-38(50(90)46(32)86)37-18(8-29(76)44(84)49(37)89)64(99)107-55-33(12-102-63(20)98)105-67(53(93)52(55)92)111-61(96)16-5-26(73)41(81)27(74)6-16/h1-11,33-34,52-53,55-58,67-93H,12-13H2. The molecule has 0 spiro atoms. The van der Waals surface area contributed by atoms with Crippen molar-refractivity contribution in [3.05, 3.63) is 111 Å². The first-order valence-corrected chi connectivity index (χ1v) is 31.1. The molecule has 2 fully saturated rings. The number of hydrogen-bond donors (Lipinski definition) is 25. The van der Waals surface area contributed by atoms with Crippen molar-refractivity contribution < 1.29 is 218 Å². The quantitative estimate of drug-likeness (QED) is 0.0527. The average Bonchev–Trinajstić information content (AvgIpc) is 0.952. The molecule has 10 atom stereocenters. The van der Waals surface area contributed by atoms with Crippen molar-refractivity contribution in [1.29, 1.82) is 0 Å². The van der Waals surface area contributed by atoms with Crippen LogP contribution in [0.25, 0.3) is 22.3 Å². The number of ether oxygens (including phenoxy) is 11. The monoisotopic (exact) mass is 1570 g/mol. The van der Waals surface area contributed by atoms with Crippen LogP contribution in [0, 0.1) is 0 Å². The lowest BCUT2D eigenvalue weighted by Crippen LogP contribution is -2.63. The van der Waals surface area contributed by atoms with Crippen LogP contribution in [0.5, 0.6) is 144 Å². The van der Waals surface area contributed by atoms with Crippen molar-refractivity contribution in [3.8, 4) is 166 Å². The summed E-state index contributed by atoms with van der Waals surface area (Å²) in [5, 5.41) is 271. The highest BCUT2D eigenvalue weighted by Crippen LogP contribution is 2.58. The van der Waals surface area contributed by atoms with Gasteiger partial charge < -0.3 is 180 Å². The smallest absolute Gasteiger partial charge is 0.344 e. The van der Waals surface area contributed by atoms with Crippen LogP contribution < -0.4 is 4.74 Å². The van der Waals surface area contributed by atoms with Gasteiger partial charge in [0.2, 0.25) is 53.2 Å². The predicted molar refractivity (Wildman–Crippen MR) is 345 cm³/mol. The zero-order chi connectivity index (χ0) is 81.7. The Morgan fingerprint density at radius 3 is 1.06 bits per heavy atom. The number of aliphatic hydroxyl groups is 2. The number of hydrogen-bond acceptors (Lipinski definition) is 44. The molecule has 25 N–H and O–H groups in total. The van der Waals surface area contributed by atoms with Crippen LogP contribution in [0.2, 0.25) is 0 Å². The van der Waals surface area contributed by atoms with Gasteiger partial charge in [-0.25, -0.2) is 38.4 Å². The third kappa shape index (κ3) is 13.2. The zero-order valence-electron chi connectivity index (χ0n) is 55.0. The summed E-state index contributed by atoms with van der Waals surface area (Å²) in [5.74, 6) is -51.3. The predicted octanol–water partition coefficient (Wildman–Crippen LogP) is 1.77. The Hall–Kier alpha value is -15.4. The van der Waals surface area contributed by atoms with Crippen LogP contribution >= 0.6 is 0 Å². The fourth-order valence-corrected chi connectivity index (χ4v) is 11.8. The Labute approximate surface area is 616 Å². The van der Waals surface area contributed by atoms with Gasteiger partial charge in [0.15, 0.2) is 128 Å². The summed E-state index contributed by atoms with van der Waals surface area (Å²) in [5.41, 5.74) is -14.4. The van der Waals surface area contributed by atoms with Gasteiger partial charge in [0, 0.05) is 34.4 Å². The van der Waals surface area contributed by atoms with Gasteiger partial charge >= 0.3 is 47.8 Å². The molecule has 10 unspecified atom stereocenters. The number of carbonyl (C=O) groups excluding carboxylic acids is 8. The summed E-state index contributed by atoms with van der Waals surface area (Å²) in [7, 11) is 0. The van der Waals surface area contributed by atoms with Gasteiger partial charge in [-0.1, -0.05) is 0 Å². The molecule has 586 valence electrons. The SMILES string of the molecule is O=C(OC1OC2COC(=O)c3cc(Oc4c(C(=O)OC5OC6COC(=O)c7cc(O)c(O)c(O)c7-c7c(cc(O)c(O)c7O)C(=O)OC6C(OC(=O)c6cc(O)c(O)c(O)c6)C5OC(=O)c5cc(O)c(O)c(O)c5)cc(O)c(O)c4O)c(O)c(O)c3-c3c(cc(O)c(O)c3O)C(=O)OC2C(O)C1O)c1cc(O)c(O)c(O)c1. The number of esters is 8. The maximum absolute atomic E-state index is 15.2. The number of carbonyl (C=O) groups is 8. The van der Waals surface area contributed by atoms with Gasteiger partial charge in [0.05, 0.1) is 38.9 Å².